The van der Waals surface area contributed by atoms with E-state index in [-0.39, 0.29) is 12.2 Å². The van der Waals surface area contributed by atoms with Crippen LogP contribution in [-0.4, -0.2) is 39.3 Å². The Kier molecular flexibility index (Phi) is 5.71. The van der Waals surface area contributed by atoms with E-state index in [0.29, 0.717) is 33.7 Å². The topological polar surface area (TPSA) is 107 Å². The van der Waals surface area contributed by atoms with E-state index in [4.69, 9.17) is 0 Å². The summed E-state index contributed by atoms with van der Waals surface area (Å²) in [6.07, 6.45) is 0.280. The van der Waals surface area contributed by atoms with Gasteiger partial charge in [-0.05, 0) is 54.4 Å². The van der Waals surface area contributed by atoms with Crippen LogP contribution in [0.5, 0.6) is 0 Å². The Labute approximate surface area is 204 Å². The minimum absolute atomic E-state index is 0.280. The van der Waals surface area contributed by atoms with Gasteiger partial charge in [0.15, 0.2) is 0 Å². The molecule has 1 aromatic heterocycles. The average Bonchev–Trinajstić information content (AvgIpc) is 3.34. The van der Waals surface area contributed by atoms with E-state index in [2.05, 4.69) is 20.6 Å². The molecule has 10 heteroatoms. The van der Waals surface area contributed by atoms with E-state index in [1.54, 1.807) is 36.4 Å². The first-order valence-corrected chi connectivity index (χ1v) is 11.1. The van der Waals surface area contributed by atoms with E-state index >= 15 is 0 Å². The zero-order chi connectivity index (χ0) is 25.4. The number of imide groups is 1. The maximum absolute atomic E-state index is 14.0. The van der Waals surface area contributed by atoms with Gasteiger partial charge in [-0.3, -0.25) is 14.5 Å². The van der Waals surface area contributed by atoms with E-state index < -0.39 is 35.7 Å². The number of carbonyl (C=O) groups is 3. The summed E-state index contributed by atoms with van der Waals surface area (Å²) in [6, 6.07) is 16.0. The summed E-state index contributed by atoms with van der Waals surface area (Å²) in [7, 11) is 0. The molecular weight excluding hydrogens is 468 g/mol. The van der Waals surface area contributed by atoms with Crippen molar-refractivity contribution < 1.29 is 23.2 Å². The summed E-state index contributed by atoms with van der Waals surface area (Å²) in [5.74, 6) is -1.41. The molecule has 0 radical (unpaired) electrons. The van der Waals surface area contributed by atoms with Gasteiger partial charge in [-0.15, -0.1) is 0 Å². The van der Waals surface area contributed by atoms with Crippen molar-refractivity contribution in [1.29, 1.82) is 0 Å². The van der Waals surface area contributed by atoms with Crippen molar-refractivity contribution in [3.05, 3.63) is 95.3 Å². The Morgan fingerprint density at radius 3 is 2.56 bits per heavy atom. The number of amides is 4. The van der Waals surface area contributed by atoms with Gasteiger partial charge in [-0.25, -0.2) is 18.6 Å². The number of halogens is 2. The minimum Gasteiger partial charge on any atom is -0.342 e. The van der Waals surface area contributed by atoms with E-state index in [1.807, 2.05) is 0 Å². The van der Waals surface area contributed by atoms with Crippen LogP contribution in [0.4, 0.5) is 19.3 Å². The largest absolute Gasteiger partial charge is 0.342 e. The molecule has 1 aliphatic heterocycles. The Morgan fingerprint density at radius 2 is 1.81 bits per heavy atom. The second kappa shape index (κ2) is 8.88. The predicted molar refractivity (Wildman–Crippen MR) is 128 cm³/mol. The van der Waals surface area contributed by atoms with Crippen molar-refractivity contribution in [2.75, 3.05) is 11.9 Å². The Balaban J connectivity index is 1.27. The van der Waals surface area contributed by atoms with Gasteiger partial charge < -0.3 is 15.6 Å². The molecule has 0 saturated carbocycles. The van der Waals surface area contributed by atoms with Crippen molar-refractivity contribution >= 4 is 34.6 Å². The van der Waals surface area contributed by atoms with Gasteiger partial charge in [0, 0.05) is 12.1 Å². The number of hydrogen-bond acceptors (Lipinski definition) is 4. The molecule has 0 bridgehead atoms. The first kappa shape index (κ1) is 23.2. The number of anilines is 1. The van der Waals surface area contributed by atoms with Crippen molar-refractivity contribution in [3.8, 4) is 0 Å². The second-order valence-electron chi connectivity index (χ2n) is 8.69. The zero-order valence-corrected chi connectivity index (χ0v) is 19.1. The summed E-state index contributed by atoms with van der Waals surface area (Å²) in [4.78, 5) is 46.5. The normalized spacial score (nSPS) is 17.5. The lowest BCUT2D eigenvalue weighted by Gasteiger charge is -2.22. The fourth-order valence-corrected chi connectivity index (χ4v) is 4.21. The Morgan fingerprint density at radius 1 is 1.06 bits per heavy atom. The van der Waals surface area contributed by atoms with Crippen LogP contribution in [0, 0.1) is 11.6 Å². The number of aromatic amines is 1. The molecule has 2 heterocycles. The van der Waals surface area contributed by atoms with Crippen LogP contribution >= 0.6 is 0 Å². The van der Waals surface area contributed by atoms with Gasteiger partial charge in [0.25, 0.3) is 5.91 Å². The van der Waals surface area contributed by atoms with Crippen molar-refractivity contribution in [1.82, 2.24) is 20.2 Å². The van der Waals surface area contributed by atoms with Gasteiger partial charge in [-0.2, -0.15) is 0 Å². The van der Waals surface area contributed by atoms with E-state index in [9.17, 15) is 23.2 Å². The maximum atomic E-state index is 14.0. The van der Waals surface area contributed by atoms with Gasteiger partial charge in [0.05, 0.1) is 11.0 Å². The lowest BCUT2D eigenvalue weighted by atomic mass is 9.92. The third kappa shape index (κ3) is 4.28. The number of benzene rings is 3. The number of H-pyrrole nitrogens is 1. The average molecular weight is 489 g/mol. The van der Waals surface area contributed by atoms with Gasteiger partial charge >= 0.3 is 6.03 Å². The summed E-state index contributed by atoms with van der Waals surface area (Å²) < 4.78 is 27.2. The summed E-state index contributed by atoms with van der Waals surface area (Å²) in [5, 5.41) is 5.26. The molecule has 0 spiro atoms. The molecule has 4 amide bonds. The van der Waals surface area contributed by atoms with Crippen LogP contribution in [0.15, 0.2) is 66.7 Å². The molecule has 182 valence electrons. The fraction of sp³-hybridized carbons (Fsp3) is 0.154. The molecular formula is C26H21F2N5O3. The molecule has 1 unspecified atom stereocenters. The molecule has 5 rings (SSSR count). The SMILES string of the molecule is CC1(c2ccc(F)cc2)NC(=O)N(CC(=O)Nc2ccc3nc(Cc4ccccc4F)[nH]c3c2)C1=O. The second-order valence-corrected chi connectivity index (χ2v) is 8.69. The highest BCUT2D eigenvalue weighted by molar-refractivity contribution is 6.10. The standard InChI is InChI=1S/C26H21F2N5O3/c1-26(16-6-8-17(27)9-7-16)24(35)33(25(36)32-26)14-23(34)29-18-10-11-20-21(13-18)31-22(30-20)12-15-4-2-3-5-19(15)28/h2-11,13H,12,14H2,1H3,(H,29,34)(H,30,31)(H,32,36). The fourth-order valence-electron chi connectivity index (χ4n) is 4.21. The molecule has 4 aromatic rings. The highest BCUT2D eigenvalue weighted by Gasteiger charge is 2.49. The number of fused-ring (bicyclic) bond motifs is 1. The predicted octanol–water partition coefficient (Wildman–Crippen LogP) is 3.84. The van der Waals surface area contributed by atoms with Crippen LogP contribution in [-0.2, 0) is 21.5 Å². The summed E-state index contributed by atoms with van der Waals surface area (Å²) in [6.45, 7) is 1.00. The minimum atomic E-state index is -1.41. The van der Waals surface area contributed by atoms with Crippen LogP contribution in [0.25, 0.3) is 11.0 Å². The molecule has 0 aliphatic carbocycles. The molecule has 36 heavy (non-hydrogen) atoms. The number of aromatic nitrogens is 2. The van der Waals surface area contributed by atoms with Gasteiger partial charge in [0.1, 0.15) is 29.5 Å². The molecule has 3 N–H and O–H groups in total. The number of urea groups is 1. The van der Waals surface area contributed by atoms with Crippen molar-refractivity contribution in [3.63, 3.8) is 0 Å². The number of rotatable bonds is 6. The van der Waals surface area contributed by atoms with Crippen molar-refractivity contribution in [2.45, 2.75) is 18.9 Å². The van der Waals surface area contributed by atoms with Crippen LogP contribution in [0.1, 0.15) is 23.9 Å². The third-order valence-electron chi connectivity index (χ3n) is 6.13. The maximum Gasteiger partial charge on any atom is 0.325 e. The first-order chi connectivity index (χ1) is 17.2. The molecule has 1 saturated heterocycles. The number of carbonyl (C=O) groups excluding carboxylic acids is 3. The quantitative estimate of drug-likeness (QED) is 0.358. The number of nitrogens with zero attached hydrogens (tertiary/aromatic N) is 2. The highest BCUT2D eigenvalue weighted by atomic mass is 19.1. The molecule has 1 atom stereocenters. The Hall–Kier alpha value is -4.60. The molecule has 8 nitrogen and oxygen atoms in total. The monoisotopic (exact) mass is 489 g/mol. The first-order valence-electron chi connectivity index (χ1n) is 11.1. The van der Waals surface area contributed by atoms with E-state index in [0.717, 1.165) is 4.90 Å². The van der Waals surface area contributed by atoms with Crippen LogP contribution in [0.2, 0.25) is 0 Å². The number of imidazole rings is 1. The number of hydrogen-bond donors (Lipinski definition) is 3. The molecule has 1 aliphatic rings. The summed E-state index contributed by atoms with van der Waals surface area (Å²) in [5.41, 5.74) is 1.21. The smallest absolute Gasteiger partial charge is 0.325 e. The van der Waals surface area contributed by atoms with E-state index in [1.165, 1.54) is 37.3 Å². The van der Waals surface area contributed by atoms with Crippen LogP contribution < -0.4 is 10.6 Å². The van der Waals surface area contributed by atoms with Crippen LogP contribution in [0.3, 0.4) is 0 Å². The third-order valence-corrected chi connectivity index (χ3v) is 6.13. The number of nitrogens with one attached hydrogen (secondary N) is 3. The molecule has 1 fully saturated rings. The molecule has 3 aromatic carbocycles. The lowest BCUT2D eigenvalue weighted by molar-refractivity contribution is -0.133. The van der Waals surface area contributed by atoms with Gasteiger partial charge in [0.2, 0.25) is 5.91 Å². The van der Waals surface area contributed by atoms with Gasteiger partial charge in [-0.1, -0.05) is 30.3 Å². The zero-order valence-electron chi connectivity index (χ0n) is 19.1. The summed E-state index contributed by atoms with van der Waals surface area (Å²) >= 11 is 0. The Bertz CT molecular complexity index is 1500. The van der Waals surface area contributed by atoms with Crippen molar-refractivity contribution in [2.24, 2.45) is 0 Å². The highest BCUT2D eigenvalue weighted by Crippen LogP contribution is 2.29. The lowest BCUT2D eigenvalue weighted by Crippen LogP contribution is -2.42.